The third-order valence-corrected chi connectivity index (χ3v) is 3.83. The number of halogens is 2. The molecule has 90 valence electrons. The Morgan fingerprint density at radius 3 is 2.76 bits per heavy atom. The van der Waals surface area contributed by atoms with Crippen molar-refractivity contribution in [2.75, 3.05) is 5.73 Å². The highest BCUT2D eigenvalue weighted by molar-refractivity contribution is 9.10. The van der Waals surface area contributed by atoms with E-state index in [0.717, 1.165) is 15.6 Å². The van der Waals surface area contributed by atoms with Crippen LogP contribution in [0.25, 0.3) is 11.3 Å². The van der Waals surface area contributed by atoms with Crippen molar-refractivity contribution in [3.63, 3.8) is 0 Å². The van der Waals surface area contributed by atoms with Crippen LogP contribution in [0, 0.1) is 0 Å². The zero-order valence-corrected chi connectivity index (χ0v) is 11.8. The van der Waals surface area contributed by atoms with Crippen molar-refractivity contribution in [1.82, 2.24) is 5.16 Å². The van der Waals surface area contributed by atoms with Crippen molar-refractivity contribution >= 4 is 33.3 Å². The second-order valence-corrected chi connectivity index (χ2v) is 5.30. The first kappa shape index (κ1) is 12.5. The number of aromatic nitrogens is 1. The minimum atomic E-state index is 0.228. The second kappa shape index (κ2) is 4.70. The van der Waals surface area contributed by atoms with Gasteiger partial charge in [0.05, 0.1) is 5.02 Å². The van der Waals surface area contributed by atoms with Gasteiger partial charge in [0.15, 0.2) is 11.6 Å². The molecule has 0 spiro atoms. The number of hydrogen-bond donors (Lipinski definition) is 1. The van der Waals surface area contributed by atoms with Crippen LogP contribution < -0.4 is 5.73 Å². The largest absolute Gasteiger partial charge is 0.381 e. The zero-order valence-electron chi connectivity index (χ0n) is 9.50. The van der Waals surface area contributed by atoms with Gasteiger partial charge in [0.1, 0.15) is 0 Å². The summed E-state index contributed by atoms with van der Waals surface area (Å²) in [7, 11) is 0. The molecule has 5 heteroatoms. The average molecular weight is 316 g/mol. The predicted molar refractivity (Wildman–Crippen MR) is 73.2 cm³/mol. The van der Waals surface area contributed by atoms with E-state index < -0.39 is 0 Å². The smallest absolute Gasteiger partial charge is 0.174 e. The summed E-state index contributed by atoms with van der Waals surface area (Å²) < 4.78 is 6.12. The summed E-state index contributed by atoms with van der Waals surface area (Å²) in [6.45, 7) is 4.08. The number of anilines is 1. The molecular formula is C12H12BrClN2O. The van der Waals surface area contributed by atoms with Gasteiger partial charge in [-0.2, -0.15) is 0 Å². The zero-order chi connectivity index (χ0) is 12.6. The summed E-state index contributed by atoms with van der Waals surface area (Å²) in [4.78, 5) is 0. The van der Waals surface area contributed by atoms with Gasteiger partial charge in [-0.05, 0) is 34.0 Å². The molecule has 0 amide bonds. The Balaban J connectivity index is 2.65. The lowest BCUT2D eigenvalue weighted by Gasteiger charge is -2.07. The van der Waals surface area contributed by atoms with Gasteiger partial charge in [-0.1, -0.05) is 36.7 Å². The highest BCUT2D eigenvalue weighted by atomic mass is 79.9. The SMILES string of the molecule is CC(C)c1c(N)noc1-c1cccc(Br)c1Cl. The number of nitrogens with zero attached hydrogens (tertiary/aromatic N) is 1. The quantitative estimate of drug-likeness (QED) is 0.890. The van der Waals surface area contributed by atoms with Gasteiger partial charge < -0.3 is 10.3 Å². The van der Waals surface area contributed by atoms with E-state index in [-0.39, 0.29) is 5.92 Å². The van der Waals surface area contributed by atoms with Crippen LogP contribution >= 0.6 is 27.5 Å². The molecule has 1 aromatic heterocycles. The maximum Gasteiger partial charge on any atom is 0.174 e. The van der Waals surface area contributed by atoms with E-state index in [9.17, 15) is 0 Å². The first-order valence-electron chi connectivity index (χ1n) is 5.21. The Morgan fingerprint density at radius 2 is 2.12 bits per heavy atom. The summed E-state index contributed by atoms with van der Waals surface area (Å²) in [5.41, 5.74) is 7.50. The number of nitrogen functional groups attached to an aromatic ring is 1. The molecule has 1 heterocycles. The maximum atomic E-state index is 6.24. The summed E-state index contributed by atoms with van der Waals surface area (Å²) in [6, 6.07) is 5.66. The van der Waals surface area contributed by atoms with Crippen molar-refractivity contribution in [2.45, 2.75) is 19.8 Å². The summed E-state index contributed by atoms with van der Waals surface area (Å²) in [5, 5.41) is 4.42. The lowest BCUT2D eigenvalue weighted by molar-refractivity contribution is 0.434. The summed E-state index contributed by atoms with van der Waals surface area (Å²) in [5.74, 6) is 1.29. The molecule has 2 aromatic rings. The second-order valence-electron chi connectivity index (χ2n) is 4.07. The van der Waals surface area contributed by atoms with Crippen LogP contribution in [-0.2, 0) is 0 Å². The van der Waals surface area contributed by atoms with Crippen LogP contribution in [0.5, 0.6) is 0 Å². The number of rotatable bonds is 2. The fraction of sp³-hybridized carbons (Fsp3) is 0.250. The molecule has 17 heavy (non-hydrogen) atoms. The summed E-state index contributed by atoms with van der Waals surface area (Å²) in [6.07, 6.45) is 0. The highest BCUT2D eigenvalue weighted by Gasteiger charge is 2.21. The molecule has 2 N–H and O–H groups in total. The van der Waals surface area contributed by atoms with Gasteiger partial charge in [-0.3, -0.25) is 0 Å². The first-order valence-corrected chi connectivity index (χ1v) is 6.39. The van der Waals surface area contributed by atoms with Gasteiger partial charge >= 0.3 is 0 Å². The van der Waals surface area contributed by atoms with Crippen LogP contribution in [0.3, 0.4) is 0 Å². The van der Waals surface area contributed by atoms with Crippen LogP contribution in [0.4, 0.5) is 5.82 Å². The van der Waals surface area contributed by atoms with Gasteiger partial charge in [0.2, 0.25) is 0 Å². The molecule has 0 fully saturated rings. The molecule has 2 rings (SSSR count). The molecule has 1 aromatic carbocycles. The third-order valence-electron chi connectivity index (χ3n) is 2.53. The van der Waals surface area contributed by atoms with Crippen molar-refractivity contribution in [2.24, 2.45) is 0 Å². The predicted octanol–water partition coefficient (Wildman–Crippen LogP) is 4.46. The Labute approximate surface area is 113 Å². The van der Waals surface area contributed by atoms with Gasteiger partial charge in [-0.25, -0.2) is 0 Å². The molecule has 0 aliphatic carbocycles. The number of benzene rings is 1. The summed E-state index contributed by atoms with van der Waals surface area (Å²) >= 11 is 9.62. The Bertz CT molecular complexity index is 551. The molecule has 0 aliphatic rings. The molecule has 0 aliphatic heterocycles. The topological polar surface area (TPSA) is 52.0 Å². The fourth-order valence-electron chi connectivity index (χ4n) is 1.74. The van der Waals surface area contributed by atoms with E-state index >= 15 is 0 Å². The van der Waals surface area contributed by atoms with Crippen LogP contribution in [0.2, 0.25) is 5.02 Å². The number of nitrogens with two attached hydrogens (primary N) is 1. The van der Waals surface area contributed by atoms with Gasteiger partial charge in [0, 0.05) is 15.6 Å². The maximum absolute atomic E-state index is 6.24. The number of hydrogen-bond acceptors (Lipinski definition) is 3. The lowest BCUT2D eigenvalue weighted by Crippen LogP contribution is -1.95. The molecule has 0 atom stereocenters. The van der Waals surface area contributed by atoms with Gasteiger partial charge in [-0.15, -0.1) is 0 Å². The monoisotopic (exact) mass is 314 g/mol. The van der Waals surface area contributed by atoms with Crippen LogP contribution in [-0.4, -0.2) is 5.16 Å². The van der Waals surface area contributed by atoms with Crippen molar-refractivity contribution < 1.29 is 4.52 Å². The standard InChI is InChI=1S/C12H12BrClN2O/c1-6(2)9-11(17-16-12(9)15)7-4-3-5-8(13)10(7)14/h3-6H,1-2H3,(H2,15,16). The molecule has 3 nitrogen and oxygen atoms in total. The highest BCUT2D eigenvalue weighted by Crippen LogP contribution is 2.39. The third kappa shape index (κ3) is 2.19. The van der Waals surface area contributed by atoms with E-state index in [1.165, 1.54) is 0 Å². The van der Waals surface area contributed by atoms with Crippen molar-refractivity contribution in [1.29, 1.82) is 0 Å². The minimum absolute atomic E-state index is 0.228. The van der Waals surface area contributed by atoms with E-state index in [2.05, 4.69) is 21.1 Å². The van der Waals surface area contributed by atoms with Crippen molar-refractivity contribution in [3.8, 4) is 11.3 Å². The average Bonchev–Trinajstić information content (AvgIpc) is 2.64. The molecule has 0 bridgehead atoms. The molecule has 0 unspecified atom stereocenters. The molecule has 0 saturated carbocycles. The normalized spacial score (nSPS) is 11.1. The van der Waals surface area contributed by atoms with E-state index in [0.29, 0.717) is 16.6 Å². The van der Waals surface area contributed by atoms with Crippen LogP contribution in [0.15, 0.2) is 27.2 Å². The van der Waals surface area contributed by atoms with Crippen molar-refractivity contribution in [3.05, 3.63) is 33.3 Å². The van der Waals surface area contributed by atoms with E-state index in [1.54, 1.807) is 0 Å². The Kier molecular flexibility index (Phi) is 3.45. The molecule has 0 saturated heterocycles. The molecular weight excluding hydrogens is 304 g/mol. The lowest BCUT2D eigenvalue weighted by atomic mass is 9.99. The first-order chi connectivity index (χ1) is 8.02. The minimum Gasteiger partial charge on any atom is -0.381 e. The van der Waals surface area contributed by atoms with Gasteiger partial charge in [0.25, 0.3) is 0 Å². The Hall–Kier alpha value is -1.000. The van der Waals surface area contributed by atoms with E-state index in [1.807, 2.05) is 32.0 Å². The van der Waals surface area contributed by atoms with E-state index in [4.69, 9.17) is 21.9 Å². The Morgan fingerprint density at radius 1 is 1.41 bits per heavy atom. The molecule has 0 radical (unpaired) electrons. The fourth-order valence-corrected chi connectivity index (χ4v) is 2.32. The van der Waals surface area contributed by atoms with Crippen LogP contribution in [0.1, 0.15) is 25.3 Å².